The van der Waals surface area contributed by atoms with E-state index in [4.69, 9.17) is 0 Å². The summed E-state index contributed by atoms with van der Waals surface area (Å²) in [7, 11) is 0. The molecule has 0 fully saturated rings. The molecule has 3 nitrogen and oxygen atoms in total. The van der Waals surface area contributed by atoms with Gasteiger partial charge in [0.25, 0.3) is 5.91 Å². The average Bonchev–Trinajstić information content (AvgIpc) is 2.88. The van der Waals surface area contributed by atoms with Crippen LogP contribution in [0.5, 0.6) is 5.75 Å². The fraction of sp³-hybridized carbons (Fsp3) is 0. The minimum atomic E-state index is -0.0641. The van der Waals surface area contributed by atoms with Crippen molar-refractivity contribution >= 4 is 28.9 Å². The molecule has 1 heterocycles. The summed E-state index contributed by atoms with van der Waals surface area (Å²) in [6.45, 7) is 0. The average molecular weight is 313 g/mol. The van der Waals surface area contributed by atoms with Gasteiger partial charge in [0.15, 0.2) is 0 Å². The number of rotatable bonds is 2. The van der Waals surface area contributed by atoms with Gasteiger partial charge in [0.1, 0.15) is 5.75 Å². The Morgan fingerprint density at radius 3 is 2.38 bits per heavy atom. The third-order valence-corrected chi connectivity index (χ3v) is 4.06. The monoisotopic (exact) mass is 313 g/mol. The van der Waals surface area contributed by atoms with Crippen molar-refractivity contribution in [2.75, 3.05) is 4.90 Å². The van der Waals surface area contributed by atoms with Gasteiger partial charge < -0.3 is 5.11 Å². The molecule has 0 radical (unpaired) electrons. The molecular weight excluding hydrogens is 298 g/mol. The minimum Gasteiger partial charge on any atom is -0.508 e. The summed E-state index contributed by atoms with van der Waals surface area (Å²) in [6, 6.07) is 24.3. The van der Waals surface area contributed by atoms with Crippen LogP contribution in [0, 0.1) is 0 Å². The second-order valence-electron chi connectivity index (χ2n) is 5.65. The van der Waals surface area contributed by atoms with Crippen molar-refractivity contribution in [2.45, 2.75) is 0 Å². The first kappa shape index (κ1) is 14.3. The molecule has 3 aromatic carbocycles. The molecule has 4 rings (SSSR count). The molecule has 0 atom stereocenters. The van der Waals surface area contributed by atoms with Crippen LogP contribution in [0.3, 0.4) is 0 Å². The SMILES string of the molecule is O=C1/C(=C/c2cccc(O)c2)c2ccccc2N1c1ccccc1. The molecule has 0 aromatic heterocycles. The predicted molar refractivity (Wildman–Crippen MR) is 96.0 cm³/mol. The summed E-state index contributed by atoms with van der Waals surface area (Å²) in [6.07, 6.45) is 1.82. The van der Waals surface area contributed by atoms with E-state index in [1.54, 1.807) is 23.1 Å². The van der Waals surface area contributed by atoms with Crippen LogP contribution in [0.4, 0.5) is 11.4 Å². The number of amides is 1. The Morgan fingerprint density at radius 2 is 1.58 bits per heavy atom. The normalized spacial score (nSPS) is 14.9. The highest BCUT2D eigenvalue weighted by atomic mass is 16.3. The van der Waals surface area contributed by atoms with Gasteiger partial charge in [0, 0.05) is 11.3 Å². The largest absolute Gasteiger partial charge is 0.508 e. The summed E-state index contributed by atoms with van der Waals surface area (Å²) in [4.78, 5) is 14.8. The maximum atomic E-state index is 13.0. The fourth-order valence-corrected chi connectivity index (χ4v) is 3.00. The van der Waals surface area contributed by atoms with Gasteiger partial charge in [0.2, 0.25) is 0 Å². The third-order valence-electron chi connectivity index (χ3n) is 4.06. The van der Waals surface area contributed by atoms with Crippen molar-refractivity contribution in [3.63, 3.8) is 0 Å². The van der Waals surface area contributed by atoms with E-state index >= 15 is 0 Å². The summed E-state index contributed by atoms with van der Waals surface area (Å²) >= 11 is 0. The molecule has 0 bridgehead atoms. The number of hydrogen-bond acceptors (Lipinski definition) is 2. The van der Waals surface area contributed by atoms with Crippen molar-refractivity contribution in [2.24, 2.45) is 0 Å². The maximum Gasteiger partial charge on any atom is 0.263 e. The summed E-state index contributed by atoms with van der Waals surface area (Å²) in [5, 5.41) is 9.65. The zero-order valence-corrected chi connectivity index (χ0v) is 12.9. The van der Waals surface area contributed by atoms with Crippen LogP contribution in [-0.4, -0.2) is 11.0 Å². The molecule has 0 unspecified atom stereocenters. The third kappa shape index (κ3) is 2.36. The summed E-state index contributed by atoms with van der Waals surface area (Å²) < 4.78 is 0. The van der Waals surface area contributed by atoms with E-state index < -0.39 is 0 Å². The molecule has 0 spiro atoms. The number of nitrogens with zero attached hydrogens (tertiary/aromatic N) is 1. The highest BCUT2D eigenvalue weighted by Gasteiger charge is 2.32. The van der Waals surface area contributed by atoms with Crippen LogP contribution >= 0.6 is 0 Å². The van der Waals surface area contributed by atoms with E-state index in [2.05, 4.69) is 0 Å². The number of carbonyl (C=O) groups is 1. The van der Waals surface area contributed by atoms with Crippen molar-refractivity contribution in [1.29, 1.82) is 0 Å². The van der Waals surface area contributed by atoms with E-state index in [-0.39, 0.29) is 11.7 Å². The number of carbonyl (C=O) groups excluding carboxylic acids is 1. The number of phenolic OH excluding ortho intramolecular Hbond substituents is 1. The molecule has 1 aliphatic rings. The van der Waals surface area contributed by atoms with Crippen LogP contribution in [0.25, 0.3) is 11.6 Å². The Hall–Kier alpha value is -3.33. The summed E-state index contributed by atoms with van der Waals surface area (Å²) in [5.74, 6) is 0.119. The molecule has 1 N–H and O–H groups in total. The Labute approximate surface area is 140 Å². The number of fused-ring (bicyclic) bond motifs is 1. The molecule has 24 heavy (non-hydrogen) atoms. The van der Waals surface area contributed by atoms with Crippen LogP contribution in [0.15, 0.2) is 78.9 Å². The molecule has 3 aromatic rings. The number of aromatic hydroxyl groups is 1. The topological polar surface area (TPSA) is 40.5 Å². The van der Waals surface area contributed by atoms with Gasteiger partial charge in [-0.2, -0.15) is 0 Å². The zero-order chi connectivity index (χ0) is 16.5. The number of hydrogen-bond donors (Lipinski definition) is 1. The lowest BCUT2D eigenvalue weighted by Crippen LogP contribution is -2.20. The molecule has 1 aliphatic heterocycles. The lowest BCUT2D eigenvalue weighted by atomic mass is 10.0. The highest BCUT2D eigenvalue weighted by Crippen LogP contribution is 2.42. The van der Waals surface area contributed by atoms with E-state index in [9.17, 15) is 9.90 Å². The fourth-order valence-electron chi connectivity index (χ4n) is 3.00. The Balaban J connectivity index is 1.87. The lowest BCUT2D eigenvalue weighted by Gasteiger charge is -2.16. The number of benzene rings is 3. The van der Waals surface area contributed by atoms with Crippen LogP contribution in [0.1, 0.15) is 11.1 Å². The van der Waals surface area contributed by atoms with Gasteiger partial charge in [-0.25, -0.2) is 0 Å². The molecule has 116 valence electrons. The zero-order valence-electron chi connectivity index (χ0n) is 12.9. The number of anilines is 2. The van der Waals surface area contributed by atoms with Crippen molar-refractivity contribution in [1.82, 2.24) is 0 Å². The highest BCUT2D eigenvalue weighted by molar-refractivity contribution is 6.37. The van der Waals surface area contributed by atoms with Gasteiger partial charge in [-0.1, -0.05) is 48.5 Å². The summed E-state index contributed by atoms with van der Waals surface area (Å²) in [5.41, 5.74) is 4.03. The maximum absolute atomic E-state index is 13.0. The van der Waals surface area contributed by atoms with E-state index in [1.165, 1.54) is 0 Å². The first-order valence-corrected chi connectivity index (χ1v) is 7.74. The smallest absolute Gasteiger partial charge is 0.263 e. The quantitative estimate of drug-likeness (QED) is 0.702. The molecule has 0 saturated heterocycles. The second kappa shape index (κ2) is 5.70. The van der Waals surface area contributed by atoms with Crippen LogP contribution in [-0.2, 0) is 4.79 Å². The van der Waals surface area contributed by atoms with Crippen molar-refractivity contribution < 1.29 is 9.90 Å². The van der Waals surface area contributed by atoms with Gasteiger partial charge >= 0.3 is 0 Å². The van der Waals surface area contributed by atoms with Crippen LogP contribution < -0.4 is 4.90 Å². The first-order valence-electron chi connectivity index (χ1n) is 7.74. The second-order valence-corrected chi connectivity index (χ2v) is 5.65. The molecular formula is C21H15NO2. The molecule has 3 heteroatoms. The Kier molecular flexibility index (Phi) is 3.39. The lowest BCUT2D eigenvalue weighted by molar-refractivity contribution is -0.112. The first-order chi connectivity index (χ1) is 11.7. The molecule has 0 aliphatic carbocycles. The van der Waals surface area contributed by atoms with Crippen molar-refractivity contribution in [3.05, 3.63) is 90.0 Å². The van der Waals surface area contributed by atoms with Gasteiger partial charge in [-0.15, -0.1) is 0 Å². The van der Waals surface area contributed by atoms with Crippen LogP contribution in [0.2, 0.25) is 0 Å². The van der Waals surface area contributed by atoms with E-state index in [1.807, 2.05) is 66.7 Å². The van der Waals surface area contributed by atoms with Crippen molar-refractivity contribution in [3.8, 4) is 5.75 Å². The molecule has 0 saturated carbocycles. The molecule has 1 amide bonds. The van der Waals surface area contributed by atoms with Gasteiger partial charge in [-0.3, -0.25) is 9.69 Å². The minimum absolute atomic E-state index is 0.0641. The van der Waals surface area contributed by atoms with E-state index in [0.29, 0.717) is 5.57 Å². The Bertz CT molecular complexity index is 945. The Morgan fingerprint density at radius 1 is 0.833 bits per heavy atom. The number of para-hydroxylation sites is 2. The predicted octanol–water partition coefficient (Wildman–Crippen LogP) is 4.61. The van der Waals surface area contributed by atoms with Gasteiger partial charge in [-0.05, 0) is 42.0 Å². The van der Waals surface area contributed by atoms with E-state index in [0.717, 1.165) is 22.5 Å². The standard InChI is InChI=1S/C21H15NO2/c23-17-10-6-7-15(13-17)14-19-18-11-4-5-12-20(18)22(21(19)24)16-8-2-1-3-9-16/h1-14,23H/b19-14+. The number of phenols is 1. The van der Waals surface area contributed by atoms with Gasteiger partial charge in [0.05, 0.1) is 11.3 Å².